The molecule has 1 atom stereocenters. The van der Waals surface area contributed by atoms with Crippen LogP contribution >= 0.6 is 0 Å². The van der Waals surface area contributed by atoms with Gasteiger partial charge in [0.15, 0.2) is 0 Å². The summed E-state index contributed by atoms with van der Waals surface area (Å²) in [6.07, 6.45) is 0.436. The zero-order chi connectivity index (χ0) is 14.7. The van der Waals surface area contributed by atoms with Crippen molar-refractivity contribution in [1.82, 2.24) is 15.2 Å². The Morgan fingerprint density at radius 3 is 2.75 bits per heavy atom. The van der Waals surface area contributed by atoms with Crippen LogP contribution < -0.4 is 11.3 Å². The maximum Gasteiger partial charge on any atom is 0.128 e. The second kappa shape index (κ2) is 6.11. The summed E-state index contributed by atoms with van der Waals surface area (Å²) in [5, 5.41) is 4.33. The topological polar surface area (TPSA) is 55.9 Å². The molecule has 2 rings (SSSR count). The van der Waals surface area contributed by atoms with Crippen LogP contribution in [0, 0.1) is 18.6 Å². The SMILES string of the molecule is CCn1nc(C)cc1CC(NN)c1cc(F)ccc1F. The van der Waals surface area contributed by atoms with Gasteiger partial charge in [-0.25, -0.2) is 8.78 Å². The molecule has 6 heteroatoms. The van der Waals surface area contributed by atoms with Crippen LogP contribution in [0.5, 0.6) is 0 Å². The number of nitrogens with one attached hydrogen (secondary N) is 1. The van der Waals surface area contributed by atoms with Crippen LogP contribution in [-0.4, -0.2) is 9.78 Å². The summed E-state index contributed by atoms with van der Waals surface area (Å²) in [4.78, 5) is 0. The van der Waals surface area contributed by atoms with Gasteiger partial charge in [-0.3, -0.25) is 16.0 Å². The van der Waals surface area contributed by atoms with Gasteiger partial charge in [-0.2, -0.15) is 5.10 Å². The first-order valence-corrected chi connectivity index (χ1v) is 6.49. The van der Waals surface area contributed by atoms with Crippen LogP contribution in [0.2, 0.25) is 0 Å². The summed E-state index contributed by atoms with van der Waals surface area (Å²) in [6, 6.07) is 4.78. The third kappa shape index (κ3) is 3.02. The van der Waals surface area contributed by atoms with Gasteiger partial charge in [0.05, 0.1) is 11.7 Å². The Bertz CT molecular complexity index is 595. The van der Waals surface area contributed by atoms with E-state index in [0.717, 1.165) is 23.5 Å². The van der Waals surface area contributed by atoms with Gasteiger partial charge in [-0.1, -0.05) is 0 Å². The van der Waals surface area contributed by atoms with E-state index in [1.165, 1.54) is 6.07 Å². The zero-order valence-corrected chi connectivity index (χ0v) is 11.5. The Labute approximate surface area is 116 Å². The summed E-state index contributed by atoms with van der Waals surface area (Å²) in [5.41, 5.74) is 4.58. The molecule has 2 aromatic rings. The van der Waals surface area contributed by atoms with E-state index in [9.17, 15) is 8.78 Å². The third-order valence-electron chi connectivity index (χ3n) is 3.23. The molecule has 1 aromatic heterocycles. The monoisotopic (exact) mass is 280 g/mol. The molecule has 0 aliphatic carbocycles. The van der Waals surface area contributed by atoms with Gasteiger partial charge in [0.2, 0.25) is 0 Å². The van der Waals surface area contributed by atoms with E-state index in [0.29, 0.717) is 13.0 Å². The maximum absolute atomic E-state index is 13.8. The summed E-state index contributed by atoms with van der Waals surface area (Å²) >= 11 is 0. The van der Waals surface area contributed by atoms with Crippen LogP contribution in [0.3, 0.4) is 0 Å². The number of benzene rings is 1. The molecule has 0 spiro atoms. The van der Waals surface area contributed by atoms with Crippen molar-refractivity contribution in [2.75, 3.05) is 0 Å². The molecule has 1 heterocycles. The van der Waals surface area contributed by atoms with Gasteiger partial charge < -0.3 is 0 Å². The number of nitrogens with zero attached hydrogens (tertiary/aromatic N) is 2. The van der Waals surface area contributed by atoms with Gasteiger partial charge in [-0.05, 0) is 38.1 Å². The lowest BCUT2D eigenvalue weighted by Gasteiger charge is -2.17. The highest BCUT2D eigenvalue weighted by Gasteiger charge is 2.18. The minimum atomic E-state index is -0.507. The maximum atomic E-state index is 13.8. The molecule has 0 saturated heterocycles. The lowest BCUT2D eigenvalue weighted by atomic mass is 10.0. The second-order valence-electron chi connectivity index (χ2n) is 4.68. The molecular weight excluding hydrogens is 262 g/mol. The molecule has 0 aliphatic rings. The molecule has 0 radical (unpaired) electrons. The zero-order valence-electron chi connectivity index (χ0n) is 11.5. The fourth-order valence-electron chi connectivity index (χ4n) is 2.29. The molecule has 4 nitrogen and oxygen atoms in total. The van der Waals surface area contributed by atoms with Crippen molar-refractivity contribution in [3.05, 3.63) is 52.9 Å². The van der Waals surface area contributed by atoms with Gasteiger partial charge in [-0.15, -0.1) is 0 Å². The van der Waals surface area contributed by atoms with Gasteiger partial charge >= 0.3 is 0 Å². The Morgan fingerprint density at radius 1 is 1.35 bits per heavy atom. The quantitative estimate of drug-likeness (QED) is 0.652. The highest BCUT2D eigenvalue weighted by Crippen LogP contribution is 2.22. The third-order valence-corrected chi connectivity index (χ3v) is 3.23. The smallest absolute Gasteiger partial charge is 0.128 e. The normalized spacial score (nSPS) is 12.7. The molecule has 1 unspecified atom stereocenters. The Hall–Kier alpha value is -1.79. The molecule has 108 valence electrons. The van der Waals surface area contributed by atoms with Crippen molar-refractivity contribution < 1.29 is 8.78 Å². The van der Waals surface area contributed by atoms with Crippen molar-refractivity contribution in [2.45, 2.75) is 32.9 Å². The summed E-state index contributed by atoms with van der Waals surface area (Å²) in [7, 11) is 0. The largest absolute Gasteiger partial charge is 0.271 e. The van der Waals surface area contributed by atoms with Gasteiger partial charge in [0, 0.05) is 24.2 Å². The second-order valence-corrected chi connectivity index (χ2v) is 4.68. The van der Waals surface area contributed by atoms with Crippen LogP contribution in [0.4, 0.5) is 8.78 Å². The number of aryl methyl sites for hydroxylation is 2. The average Bonchev–Trinajstić information content (AvgIpc) is 2.79. The highest BCUT2D eigenvalue weighted by atomic mass is 19.1. The van der Waals surface area contributed by atoms with E-state index in [4.69, 9.17) is 5.84 Å². The number of hydrogen-bond donors (Lipinski definition) is 2. The molecule has 3 N–H and O–H groups in total. The minimum Gasteiger partial charge on any atom is -0.271 e. The number of aromatic nitrogens is 2. The fourth-order valence-corrected chi connectivity index (χ4v) is 2.29. The molecule has 0 saturated carbocycles. The van der Waals surface area contributed by atoms with E-state index in [-0.39, 0.29) is 5.56 Å². The van der Waals surface area contributed by atoms with E-state index < -0.39 is 17.7 Å². The van der Waals surface area contributed by atoms with E-state index in [2.05, 4.69) is 10.5 Å². The molecular formula is C14H18F2N4. The Morgan fingerprint density at radius 2 is 2.10 bits per heavy atom. The number of hydrazine groups is 1. The summed E-state index contributed by atoms with van der Waals surface area (Å²) in [5.74, 6) is 4.54. The first-order valence-electron chi connectivity index (χ1n) is 6.49. The van der Waals surface area contributed by atoms with Crippen molar-refractivity contribution >= 4 is 0 Å². The van der Waals surface area contributed by atoms with Gasteiger partial charge in [0.1, 0.15) is 11.6 Å². The number of halogens is 2. The number of rotatable bonds is 5. The first-order chi connectivity index (χ1) is 9.55. The lowest BCUT2D eigenvalue weighted by molar-refractivity contribution is 0.484. The lowest BCUT2D eigenvalue weighted by Crippen LogP contribution is -2.31. The standard InChI is InChI=1S/C14H18F2N4/c1-3-20-11(6-9(2)19-20)8-14(18-17)12-7-10(15)4-5-13(12)16/h4-7,14,18H,3,8,17H2,1-2H3. The van der Waals surface area contributed by atoms with Crippen molar-refractivity contribution in [3.8, 4) is 0 Å². The van der Waals surface area contributed by atoms with Crippen molar-refractivity contribution in [1.29, 1.82) is 0 Å². The van der Waals surface area contributed by atoms with Crippen LogP contribution in [-0.2, 0) is 13.0 Å². The number of hydrogen-bond acceptors (Lipinski definition) is 3. The van der Waals surface area contributed by atoms with Gasteiger partial charge in [0.25, 0.3) is 0 Å². The Kier molecular flexibility index (Phi) is 4.46. The molecule has 0 amide bonds. The highest BCUT2D eigenvalue weighted by molar-refractivity contribution is 5.24. The van der Waals surface area contributed by atoms with Crippen LogP contribution in [0.1, 0.15) is 29.9 Å². The van der Waals surface area contributed by atoms with E-state index >= 15 is 0 Å². The first kappa shape index (κ1) is 14.6. The van der Waals surface area contributed by atoms with Crippen LogP contribution in [0.15, 0.2) is 24.3 Å². The molecule has 1 aromatic carbocycles. The van der Waals surface area contributed by atoms with Crippen LogP contribution in [0.25, 0.3) is 0 Å². The van der Waals surface area contributed by atoms with Crippen molar-refractivity contribution in [3.63, 3.8) is 0 Å². The molecule has 0 fully saturated rings. The predicted octanol–water partition coefficient (Wildman–Crippen LogP) is 2.24. The Balaban J connectivity index is 2.30. The summed E-state index contributed by atoms with van der Waals surface area (Å²) < 4.78 is 28.9. The number of nitrogens with two attached hydrogens (primary N) is 1. The average molecular weight is 280 g/mol. The molecule has 0 aliphatic heterocycles. The fraction of sp³-hybridized carbons (Fsp3) is 0.357. The summed E-state index contributed by atoms with van der Waals surface area (Å²) in [6.45, 7) is 4.58. The molecule has 20 heavy (non-hydrogen) atoms. The van der Waals surface area contributed by atoms with E-state index in [1.807, 2.05) is 24.6 Å². The van der Waals surface area contributed by atoms with E-state index in [1.54, 1.807) is 0 Å². The minimum absolute atomic E-state index is 0.217. The molecule has 0 bridgehead atoms. The predicted molar refractivity (Wildman–Crippen MR) is 72.8 cm³/mol. The van der Waals surface area contributed by atoms with Crippen molar-refractivity contribution in [2.24, 2.45) is 5.84 Å².